The van der Waals surface area contributed by atoms with E-state index in [1.165, 1.54) is 0 Å². The normalized spacial score (nSPS) is 14.3. The molecule has 98 valence electrons. The van der Waals surface area contributed by atoms with Crippen LogP contribution >= 0.6 is 11.6 Å². The highest BCUT2D eigenvalue weighted by atomic mass is 35.5. The Morgan fingerprint density at radius 3 is 3.05 bits per heavy atom. The highest BCUT2D eigenvalue weighted by Crippen LogP contribution is 2.32. The van der Waals surface area contributed by atoms with Crippen LogP contribution in [0.3, 0.4) is 0 Å². The Labute approximate surface area is 115 Å². The van der Waals surface area contributed by atoms with Gasteiger partial charge < -0.3 is 16.4 Å². The third-order valence-electron chi connectivity index (χ3n) is 2.75. The second-order valence-corrected chi connectivity index (χ2v) is 4.63. The number of hydrogen-bond acceptors (Lipinski definition) is 3. The summed E-state index contributed by atoms with van der Waals surface area (Å²) in [5.41, 5.74) is 7.48. The van der Waals surface area contributed by atoms with Gasteiger partial charge in [-0.15, -0.1) is 12.3 Å². The molecule has 0 spiro atoms. The molecule has 0 aromatic heterocycles. The van der Waals surface area contributed by atoms with E-state index in [9.17, 15) is 9.59 Å². The van der Waals surface area contributed by atoms with Crippen LogP contribution in [0.2, 0.25) is 5.02 Å². The molecule has 5 nitrogen and oxygen atoms in total. The first-order valence-corrected chi connectivity index (χ1v) is 6.01. The minimum absolute atomic E-state index is 0.0985. The third kappa shape index (κ3) is 2.87. The maximum absolute atomic E-state index is 11.7. The quantitative estimate of drug-likeness (QED) is 0.724. The number of rotatable bonds is 3. The zero-order chi connectivity index (χ0) is 14.0. The Morgan fingerprint density at radius 1 is 1.63 bits per heavy atom. The first-order chi connectivity index (χ1) is 9.01. The molecule has 1 aliphatic rings. The molecule has 0 saturated heterocycles. The lowest BCUT2D eigenvalue weighted by molar-refractivity contribution is -0.117. The summed E-state index contributed by atoms with van der Waals surface area (Å²) in [5.74, 6) is 1.82. The molecule has 1 unspecified atom stereocenters. The molecule has 2 amide bonds. The van der Waals surface area contributed by atoms with Crippen molar-refractivity contribution in [3.63, 3.8) is 0 Å². The maximum Gasteiger partial charge on any atom is 0.242 e. The molecular weight excluding hydrogens is 266 g/mol. The second kappa shape index (κ2) is 5.31. The highest BCUT2D eigenvalue weighted by Gasteiger charge is 2.21. The van der Waals surface area contributed by atoms with Gasteiger partial charge in [-0.1, -0.05) is 11.6 Å². The molecule has 6 heteroatoms. The van der Waals surface area contributed by atoms with E-state index in [0.717, 1.165) is 5.56 Å². The zero-order valence-corrected chi connectivity index (χ0v) is 10.8. The summed E-state index contributed by atoms with van der Waals surface area (Å²) in [6.07, 6.45) is 5.51. The number of carbonyl (C=O) groups is 2. The van der Waals surface area contributed by atoms with Crippen LogP contribution in [-0.2, 0) is 16.0 Å². The van der Waals surface area contributed by atoms with Crippen molar-refractivity contribution in [2.45, 2.75) is 18.9 Å². The number of fused-ring (bicyclic) bond motifs is 1. The van der Waals surface area contributed by atoms with Gasteiger partial charge >= 0.3 is 0 Å². The van der Waals surface area contributed by atoms with E-state index < -0.39 is 11.9 Å². The van der Waals surface area contributed by atoms with Gasteiger partial charge in [0.25, 0.3) is 0 Å². The number of halogens is 1. The van der Waals surface area contributed by atoms with E-state index in [0.29, 0.717) is 16.4 Å². The number of nitrogens with two attached hydrogens (primary N) is 1. The molecule has 4 N–H and O–H groups in total. The summed E-state index contributed by atoms with van der Waals surface area (Å²) in [4.78, 5) is 23.0. The first kappa shape index (κ1) is 13.4. The van der Waals surface area contributed by atoms with E-state index in [2.05, 4.69) is 16.6 Å². The van der Waals surface area contributed by atoms with E-state index >= 15 is 0 Å². The average molecular weight is 278 g/mol. The molecule has 1 aromatic carbocycles. The first-order valence-electron chi connectivity index (χ1n) is 5.63. The monoisotopic (exact) mass is 277 g/mol. The fourth-order valence-electron chi connectivity index (χ4n) is 1.79. The molecule has 0 aliphatic carbocycles. The number of amides is 2. The molecule has 19 heavy (non-hydrogen) atoms. The van der Waals surface area contributed by atoms with Gasteiger partial charge in [0.2, 0.25) is 11.8 Å². The fraction of sp³-hybridized carbons (Fsp3) is 0.231. The molecule has 1 aliphatic heterocycles. The zero-order valence-electron chi connectivity index (χ0n) is 10.00. The number of hydrogen-bond donors (Lipinski definition) is 3. The van der Waals surface area contributed by atoms with Crippen molar-refractivity contribution < 1.29 is 9.59 Å². The Balaban J connectivity index is 2.18. The van der Waals surface area contributed by atoms with Gasteiger partial charge in [-0.25, -0.2) is 0 Å². The van der Waals surface area contributed by atoms with Gasteiger partial charge in [0.15, 0.2) is 0 Å². The molecule has 0 radical (unpaired) electrons. The molecule has 0 saturated carbocycles. The van der Waals surface area contributed by atoms with Crippen LogP contribution in [0.15, 0.2) is 12.1 Å². The standard InChI is InChI=1S/C13H12ClN3O2/c1-2-3-9(15)13(19)17-11-4-7-5-12(18)16-10(7)6-8(11)14/h1,4,6,9H,3,5,15H2,(H,16,18)(H,17,19). The molecular formula is C13H12ClN3O2. The van der Waals surface area contributed by atoms with Gasteiger partial charge in [-0.2, -0.15) is 0 Å². The molecule has 0 fully saturated rings. The van der Waals surface area contributed by atoms with Crippen LogP contribution in [0.25, 0.3) is 0 Å². The van der Waals surface area contributed by atoms with Gasteiger partial charge in [-0.3, -0.25) is 9.59 Å². The summed E-state index contributed by atoms with van der Waals surface area (Å²) in [5, 5.41) is 5.62. The topological polar surface area (TPSA) is 84.2 Å². The van der Waals surface area contributed by atoms with Crippen LogP contribution in [0.1, 0.15) is 12.0 Å². The van der Waals surface area contributed by atoms with Gasteiger partial charge in [-0.05, 0) is 17.7 Å². The van der Waals surface area contributed by atoms with Crippen LogP contribution in [0.5, 0.6) is 0 Å². The highest BCUT2D eigenvalue weighted by molar-refractivity contribution is 6.34. The van der Waals surface area contributed by atoms with Gasteiger partial charge in [0.1, 0.15) is 0 Å². The summed E-state index contributed by atoms with van der Waals surface area (Å²) >= 11 is 6.03. The van der Waals surface area contributed by atoms with Crippen molar-refractivity contribution in [1.82, 2.24) is 0 Å². The molecule has 0 bridgehead atoms. The molecule has 1 aromatic rings. The Morgan fingerprint density at radius 2 is 2.37 bits per heavy atom. The Kier molecular flexibility index (Phi) is 3.74. The maximum atomic E-state index is 11.7. The lowest BCUT2D eigenvalue weighted by Crippen LogP contribution is -2.35. The summed E-state index contributed by atoms with van der Waals surface area (Å²) < 4.78 is 0. The van der Waals surface area contributed by atoms with Crippen molar-refractivity contribution in [1.29, 1.82) is 0 Å². The van der Waals surface area contributed by atoms with Crippen LogP contribution in [0, 0.1) is 12.3 Å². The van der Waals surface area contributed by atoms with Gasteiger partial charge in [0, 0.05) is 12.1 Å². The number of carbonyl (C=O) groups excluding carboxylic acids is 2. The van der Waals surface area contributed by atoms with Crippen LogP contribution < -0.4 is 16.4 Å². The predicted molar refractivity (Wildman–Crippen MR) is 73.8 cm³/mol. The second-order valence-electron chi connectivity index (χ2n) is 4.22. The summed E-state index contributed by atoms with van der Waals surface area (Å²) in [6.45, 7) is 0. The fourth-order valence-corrected chi connectivity index (χ4v) is 2.00. The number of benzene rings is 1. The summed E-state index contributed by atoms with van der Waals surface area (Å²) in [6, 6.07) is 2.48. The largest absolute Gasteiger partial charge is 0.325 e. The van der Waals surface area contributed by atoms with Crippen molar-refractivity contribution >= 4 is 34.8 Å². The Bertz CT molecular complexity index is 592. The smallest absolute Gasteiger partial charge is 0.242 e. The van der Waals surface area contributed by atoms with Crippen molar-refractivity contribution in [2.75, 3.05) is 10.6 Å². The van der Waals surface area contributed by atoms with Crippen molar-refractivity contribution in [3.05, 3.63) is 22.7 Å². The van der Waals surface area contributed by atoms with E-state index in [1.54, 1.807) is 12.1 Å². The van der Waals surface area contributed by atoms with Gasteiger partial charge in [0.05, 0.1) is 23.2 Å². The number of anilines is 2. The predicted octanol–water partition coefficient (Wildman–Crippen LogP) is 1.12. The number of nitrogens with one attached hydrogen (secondary N) is 2. The molecule has 1 heterocycles. The van der Waals surface area contributed by atoms with E-state index in [4.69, 9.17) is 23.8 Å². The lowest BCUT2D eigenvalue weighted by atomic mass is 10.1. The average Bonchev–Trinajstić information content (AvgIpc) is 2.69. The van der Waals surface area contributed by atoms with Crippen molar-refractivity contribution in [2.24, 2.45) is 5.73 Å². The third-order valence-corrected chi connectivity index (χ3v) is 3.06. The Hall–Kier alpha value is -2.03. The van der Waals surface area contributed by atoms with E-state index in [1.807, 2.05) is 0 Å². The van der Waals surface area contributed by atoms with Crippen LogP contribution in [-0.4, -0.2) is 17.9 Å². The lowest BCUT2D eigenvalue weighted by Gasteiger charge is -2.12. The van der Waals surface area contributed by atoms with Crippen LogP contribution in [0.4, 0.5) is 11.4 Å². The minimum atomic E-state index is -0.783. The SMILES string of the molecule is C#CCC(N)C(=O)Nc1cc2c(cc1Cl)NC(=O)C2. The minimum Gasteiger partial charge on any atom is -0.325 e. The number of terminal acetylenes is 1. The summed E-state index contributed by atoms with van der Waals surface area (Å²) in [7, 11) is 0. The molecule has 1 atom stereocenters. The van der Waals surface area contributed by atoms with Crippen molar-refractivity contribution in [3.8, 4) is 12.3 Å². The van der Waals surface area contributed by atoms with E-state index in [-0.39, 0.29) is 18.7 Å². The molecule has 2 rings (SSSR count).